The number of aliphatic hydroxyl groups is 1. The highest BCUT2D eigenvalue weighted by Crippen LogP contribution is 2.20. The summed E-state index contributed by atoms with van der Waals surface area (Å²) in [7, 11) is 1.56. The third-order valence-electron chi connectivity index (χ3n) is 3.64. The Hall–Kier alpha value is -2.57. The van der Waals surface area contributed by atoms with Crippen LogP contribution in [-0.2, 0) is 0 Å². The number of nitrogens with one attached hydrogen (secondary N) is 1. The van der Waals surface area contributed by atoms with Gasteiger partial charge in [0.15, 0.2) is 10.8 Å². The maximum atomic E-state index is 12.4. The number of ether oxygens (including phenoxy) is 1. The summed E-state index contributed by atoms with van der Waals surface area (Å²) in [6.07, 6.45) is 0.851. The number of pyridine rings is 1. The monoisotopic (exact) mass is 345 g/mol. The van der Waals surface area contributed by atoms with Gasteiger partial charge in [-0.2, -0.15) is 0 Å². The summed E-state index contributed by atoms with van der Waals surface area (Å²) in [5.74, 6) is 0.239. The summed E-state index contributed by atoms with van der Waals surface area (Å²) >= 11 is 6.06. The fraction of sp³-hybridized carbons (Fsp3) is 0.176. The Labute approximate surface area is 143 Å². The summed E-state index contributed by atoms with van der Waals surface area (Å²) in [5, 5.41) is 13.0. The van der Waals surface area contributed by atoms with Gasteiger partial charge in [-0.05, 0) is 29.8 Å². The molecule has 0 saturated heterocycles. The number of aromatic nitrogens is 2. The number of hydrogen-bond acceptors (Lipinski definition) is 4. The van der Waals surface area contributed by atoms with Crippen molar-refractivity contribution in [1.82, 2.24) is 14.7 Å². The molecule has 3 rings (SSSR count). The van der Waals surface area contributed by atoms with Crippen molar-refractivity contribution >= 4 is 23.2 Å². The summed E-state index contributed by atoms with van der Waals surface area (Å²) in [4.78, 5) is 16.5. The van der Waals surface area contributed by atoms with E-state index in [2.05, 4.69) is 10.3 Å². The molecule has 1 unspecified atom stereocenters. The molecule has 0 fully saturated rings. The quantitative estimate of drug-likeness (QED) is 0.744. The van der Waals surface area contributed by atoms with Crippen LogP contribution in [0.5, 0.6) is 5.75 Å². The van der Waals surface area contributed by atoms with Crippen molar-refractivity contribution in [3.63, 3.8) is 0 Å². The van der Waals surface area contributed by atoms with Crippen molar-refractivity contribution in [2.24, 2.45) is 0 Å². The Balaban J connectivity index is 1.73. The lowest BCUT2D eigenvalue weighted by molar-refractivity contribution is 0.0910. The maximum absolute atomic E-state index is 12.4. The summed E-state index contributed by atoms with van der Waals surface area (Å²) in [5.41, 5.74) is 1.48. The number of halogens is 1. The average molecular weight is 346 g/mol. The van der Waals surface area contributed by atoms with Crippen molar-refractivity contribution in [1.29, 1.82) is 0 Å². The minimum absolute atomic E-state index is 0.0440. The van der Waals surface area contributed by atoms with E-state index < -0.39 is 12.0 Å². The first kappa shape index (κ1) is 16.3. The second kappa shape index (κ2) is 6.90. The average Bonchev–Trinajstić information content (AvgIpc) is 2.95. The molecular weight excluding hydrogens is 330 g/mol. The van der Waals surface area contributed by atoms with Gasteiger partial charge in [-0.15, -0.1) is 0 Å². The van der Waals surface area contributed by atoms with E-state index in [1.165, 1.54) is 0 Å². The van der Waals surface area contributed by atoms with Gasteiger partial charge in [0.1, 0.15) is 11.4 Å². The van der Waals surface area contributed by atoms with Gasteiger partial charge >= 0.3 is 0 Å². The normalized spacial score (nSPS) is 12.1. The van der Waals surface area contributed by atoms with Gasteiger partial charge in [0.25, 0.3) is 5.91 Å². The first-order chi connectivity index (χ1) is 11.6. The van der Waals surface area contributed by atoms with Crippen LogP contribution in [0.1, 0.15) is 22.2 Å². The molecule has 2 aromatic heterocycles. The van der Waals surface area contributed by atoms with Gasteiger partial charge in [0.05, 0.1) is 13.2 Å². The fourth-order valence-corrected chi connectivity index (χ4v) is 2.67. The van der Waals surface area contributed by atoms with E-state index in [4.69, 9.17) is 16.3 Å². The molecule has 6 nitrogen and oxygen atoms in total. The van der Waals surface area contributed by atoms with E-state index in [1.807, 2.05) is 6.07 Å². The number of rotatable bonds is 5. The topological polar surface area (TPSA) is 75.9 Å². The Morgan fingerprint density at radius 1 is 1.38 bits per heavy atom. The van der Waals surface area contributed by atoms with E-state index in [0.29, 0.717) is 17.0 Å². The number of aliphatic hydroxyl groups excluding tert-OH is 1. The third-order valence-corrected chi connectivity index (χ3v) is 3.90. The van der Waals surface area contributed by atoms with Gasteiger partial charge in [-0.3, -0.25) is 9.20 Å². The Morgan fingerprint density at radius 2 is 2.21 bits per heavy atom. The van der Waals surface area contributed by atoms with Crippen LogP contribution in [0.25, 0.3) is 5.65 Å². The Kier molecular flexibility index (Phi) is 4.69. The second-order valence-electron chi connectivity index (χ2n) is 5.18. The molecular formula is C17H16ClN3O3. The summed E-state index contributed by atoms with van der Waals surface area (Å²) in [6, 6.07) is 12.4. The SMILES string of the molecule is COc1cccc(C(O)CNC(=O)c2c(Cl)nc3ccccn23)c1. The number of fused-ring (bicyclic) bond motifs is 1. The summed E-state index contributed by atoms with van der Waals surface area (Å²) < 4.78 is 6.73. The Bertz CT molecular complexity index is 878. The zero-order chi connectivity index (χ0) is 17.1. The van der Waals surface area contributed by atoms with Gasteiger partial charge in [-0.1, -0.05) is 29.8 Å². The highest BCUT2D eigenvalue weighted by Gasteiger charge is 2.19. The number of nitrogens with zero attached hydrogens (tertiary/aromatic N) is 2. The van der Waals surface area contributed by atoms with Crippen molar-refractivity contribution in [2.45, 2.75) is 6.10 Å². The number of amides is 1. The molecule has 1 atom stereocenters. The molecule has 0 radical (unpaired) electrons. The molecule has 0 spiro atoms. The van der Waals surface area contributed by atoms with Crippen molar-refractivity contribution < 1.29 is 14.6 Å². The minimum Gasteiger partial charge on any atom is -0.497 e. The molecule has 0 aliphatic carbocycles. The van der Waals surface area contributed by atoms with Gasteiger partial charge in [-0.25, -0.2) is 4.98 Å². The number of carbonyl (C=O) groups is 1. The molecule has 24 heavy (non-hydrogen) atoms. The van der Waals surface area contributed by atoms with E-state index >= 15 is 0 Å². The van der Waals surface area contributed by atoms with Crippen LogP contribution < -0.4 is 10.1 Å². The van der Waals surface area contributed by atoms with Crippen LogP contribution in [0.4, 0.5) is 0 Å². The standard InChI is InChI=1S/C17H16ClN3O3/c1-24-12-6-4-5-11(9-12)13(22)10-19-17(23)15-16(18)20-14-7-2-3-8-21(14)15/h2-9,13,22H,10H2,1H3,(H,19,23). The second-order valence-corrected chi connectivity index (χ2v) is 5.54. The van der Waals surface area contributed by atoms with Gasteiger partial charge in [0, 0.05) is 12.7 Å². The molecule has 2 N–H and O–H groups in total. The van der Waals surface area contributed by atoms with Crippen LogP contribution in [-0.4, -0.2) is 34.1 Å². The molecule has 1 amide bonds. The molecule has 0 saturated carbocycles. The number of carbonyl (C=O) groups excluding carboxylic acids is 1. The molecule has 7 heteroatoms. The molecule has 3 aromatic rings. The zero-order valence-electron chi connectivity index (χ0n) is 12.9. The number of methoxy groups -OCH3 is 1. The van der Waals surface area contributed by atoms with Crippen LogP contribution in [0, 0.1) is 0 Å². The lowest BCUT2D eigenvalue weighted by Crippen LogP contribution is -2.29. The number of imidazole rings is 1. The van der Waals surface area contributed by atoms with Crippen molar-refractivity contribution in [3.8, 4) is 5.75 Å². The molecule has 0 bridgehead atoms. The van der Waals surface area contributed by atoms with E-state index in [-0.39, 0.29) is 17.4 Å². The molecule has 1 aromatic carbocycles. The van der Waals surface area contributed by atoms with Gasteiger partial charge in [0.2, 0.25) is 0 Å². The molecule has 124 valence electrons. The predicted octanol–water partition coefficient (Wildman–Crippen LogP) is 2.46. The summed E-state index contributed by atoms with van der Waals surface area (Å²) in [6.45, 7) is 0.0440. The third kappa shape index (κ3) is 3.20. The first-order valence-electron chi connectivity index (χ1n) is 7.33. The first-order valence-corrected chi connectivity index (χ1v) is 7.70. The lowest BCUT2D eigenvalue weighted by atomic mass is 10.1. The highest BCUT2D eigenvalue weighted by molar-refractivity contribution is 6.32. The maximum Gasteiger partial charge on any atom is 0.271 e. The zero-order valence-corrected chi connectivity index (χ0v) is 13.7. The van der Waals surface area contributed by atoms with Crippen molar-refractivity contribution in [2.75, 3.05) is 13.7 Å². The fourth-order valence-electron chi connectivity index (χ4n) is 2.41. The Morgan fingerprint density at radius 3 is 3.00 bits per heavy atom. The lowest BCUT2D eigenvalue weighted by Gasteiger charge is -2.13. The van der Waals surface area contributed by atoms with Crippen LogP contribution in [0.3, 0.4) is 0 Å². The molecule has 0 aliphatic rings. The van der Waals surface area contributed by atoms with E-state index in [0.717, 1.165) is 0 Å². The van der Waals surface area contributed by atoms with E-state index in [1.54, 1.807) is 54.1 Å². The molecule has 2 heterocycles. The molecule has 0 aliphatic heterocycles. The smallest absolute Gasteiger partial charge is 0.271 e. The number of benzene rings is 1. The minimum atomic E-state index is -0.859. The highest BCUT2D eigenvalue weighted by atomic mass is 35.5. The van der Waals surface area contributed by atoms with Crippen molar-refractivity contribution in [3.05, 3.63) is 65.1 Å². The van der Waals surface area contributed by atoms with E-state index in [9.17, 15) is 9.90 Å². The van der Waals surface area contributed by atoms with Crippen LogP contribution in [0.2, 0.25) is 5.15 Å². The van der Waals surface area contributed by atoms with Gasteiger partial charge < -0.3 is 15.2 Å². The predicted molar refractivity (Wildman–Crippen MR) is 90.5 cm³/mol. The van der Waals surface area contributed by atoms with Crippen LogP contribution in [0.15, 0.2) is 48.7 Å². The largest absolute Gasteiger partial charge is 0.497 e. The van der Waals surface area contributed by atoms with Crippen LogP contribution >= 0.6 is 11.6 Å². The number of hydrogen-bond donors (Lipinski definition) is 2.